The molecule has 1 aliphatic rings. The zero-order valence-electron chi connectivity index (χ0n) is 8.14. The molecule has 0 saturated carbocycles. The summed E-state index contributed by atoms with van der Waals surface area (Å²) in [5.74, 6) is -1.05. The molecule has 0 spiro atoms. The fourth-order valence-electron chi connectivity index (χ4n) is 1.39. The third-order valence-corrected chi connectivity index (χ3v) is 2.18. The number of carbonyl (C=O) groups is 1. The molecule has 0 amide bonds. The van der Waals surface area contributed by atoms with Crippen LogP contribution in [0.25, 0.3) is 5.70 Å². The fourth-order valence-corrected chi connectivity index (χ4v) is 1.39. The monoisotopic (exact) mass is 201 g/mol. The number of aryl methyl sites for hydroxylation is 1. The van der Waals surface area contributed by atoms with E-state index in [9.17, 15) is 4.79 Å². The molecule has 2 rings (SSSR count). The average Bonchev–Trinajstić information content (AvgIpc) is 2.67. The first-order chi connectivity index (χ1) is 7.18. The van der Waals surface area contributed by atoms with Crippen molar-refractivity contribution in [2.45, 2.75) is 6.92 Å². The minimum atomic E-state index is -1.05. The van der Waals surface area contributed by atoms with Crippen molar-refractivity contribution in [3.63, 3.8) is 0 Å². The molecular formula is C11H9N2O2. The Morgan fingerprint density at radius 3 is 2.60 bits per heavy atom. The molecule has 0 fully saturated rings. The van der Waals surface area contributed by atoms with E-state index in [1.807, 2.05) is 31.2 Å². The quantitative estimate of drug-likeness (QED) is 0.798. The molecule has 15 heavy (non-hydrogen) atoms. The lowest BCUT2D eigenvalue weighted by atomic mass is 10.1. The van der Waals surface area contributed by atoms with Gasteiger partial charge in [0.25, 0.3) is 0 Å². The van der Waals surface area contributed by atoms with Crippen LogP contribution in [-0.4, -0.2) is 11.1 Å². The number of carboxylic acids is 1. The molecule has 0 saturated heterocycles. The Hall–Kier alpha value is -1.97. The highest BCUT2D eigenvalue weighted by Gasteiger charge is 2.22. The topological polar surface area (TPSA) is 62.0 Å². The highest BCUT2D eigenvalue weighted by Crippen LogP contribution is 2.28. The van der Waals surface area contributed by atoms with Crippen LogP contribution in [0.2, 0.25) is 0 Å². The molecular weight excluding hydrogens is 192 g/mol. The van der Waals surface area contributed by atoms with Gasteiger partial charge in [-0.15, -0.1) is 0 Å². The molecule has 0 bridgehead atoms. The van der Waals surface area contributed by atoms with Gasteiger partial charge in [-0.2, -0.15) is 10.2 Å². The van der Waals surface area contributed by atoms with Gasteiger partial charge < -0.3 is 5.11 Å². The minimum Gasteiger partial charge on any atom is -0.479 e. The maximum atomic E-state index is 10.6. The van der Waals surface area contributed by atoms with E-state index in [4.69, 9.17) is 5.11 Å². The van der Waals surface area contributed by atoms with Crippen molar-refractivity contribution in [3.05, 3.63) is 47.5 Å². The zero-order valence-corrected chi connectivity index (χ0v) is 8.14. The summed E-state index contributed by atoms with van der Waals surface area (Å²) in [6.45, 7) is 1.95. The molecule has 0 atom stereocenters. The maximum Gasteiger partial charge on any atom is 0.341 e. The first-order valence-corrected chi connectivity index (χ1v) is 4.48. The van der Waals surface area contributed by atoms with Crippen LogP contribution in [0.15, 0.2) is 40.6 Å². The van der Waals surface area contributed by atoms with Crippen molar-refractivity contribution in [2.24, 2.45) is 10.2 Å². The van der Waals surface area contributed by atoms with Gasteiger partial charge in [-0.3, -0.25) is 0 Å². The van der Waals surface area contributed by atoms with Crippen LogP contribution in [0, 0.1) is 13.0 Å². The van der Waals surface area contributed by atoms with E-state index in [0.717, 1.165) is 11.1 Å². The van der Waals surface area contributed by atoms with Crippen molar-refractivity contribution in [3.8, 4) is 0 Å². The van der Waals surface area contributed by atoms with E-state index in [1.165, 1.54) is 6.08 Å². The summed E-state index contributed by atoms with van der Waals surface area (Å²) in [5, 5.41) is 16.1. The van der Waals surface area contributed by atoms with E-state index in [-0.39, 0.29) is 6.04 Å². The minimum absolute atomic E-state index is 0.0201. The molecule has 1 aromatic carbocycles. The van der Waals surface area contributed by atoms with Crippen LogP contribution in [0.5, 0.6) is 0 Å². The van der Waals surface area contributed by atoms with Crippen molar-refractivity contribution in [2.75, 3.05) is 0 Å². The fraction of sp³-hybridized carbons (Fsp3) is 0.0909. The molecule has 0 aromatic heterocycles. The highest BCUT2D eigenvalue weighted by atomic mass is 16.4. The predicted octanol–water partition coefficient (Wildman–Crippen LogP) is 2.42. The van der Waals surface area contributed by atoms with Gasteiger partial charge in [0.1, 0.15) is 0 Å². The summed E-state index contributed by atoms with van der Waals surface area (Å²) in [6.07, 6.45) is 1.48. The number of hydrogen-bond donors (Lipinski definition) is 1. The van der Waals surface area contributed by atoms with E-state index >= 15 is 0 Å². The van der Waals surface area contributed by atoms with Crippen LogP contribution >= 0.6 is 0 Å². The van der Waals surface area contributed by atoms with Crippen LogP contribution in [0.4, 0.5) is 0 Å². The molecule has 1 aliphatic heterocycles. The molecule has 75 valence electrons. The number of carboxylic acid groups (broad SMARTS) is 1. The van der Waals surface area contributed by atoms with Gasteiger partial charge in [-0.1, -0.05) is 24.3 Å². The van der Waals surface area contributed by atoms with Gasteiger partial charge in [0.2, 0.25) is 6.04 Å². The second kappa shape index (κ2) is 3.65. The lowest BCUT2D eigenvalue weighted by molar-refractivity contribution is -0.134. The third-order valence-electron chi connectivity index (χ3n) is 2.18. The molecule has 1 N–H and O–H groups in total. The number of hydrogen-bond acceptors (Lipinski definition) is 3. The molecule has 1 heterocycles. The largest absolute Gasteiger partial charge is 0.479 e. The summed E-state index contributed by atoms with van der Waals surface area (Å²) < 4.78 is 0. The van der Waals surface area contributed by atoms with Gasteiger partial charge in [0.05, 0.1) is 5.70 Å². The second-order valence-electron chi connectivity index (χ2n) is 3.23. The summed E-state index contributed by atoms with van der Waals surface area (Å²) >= 11 is 0. The Morgan fingerprint density at radius 2 is 2.00 bits per heavy atom. The maximum absolute atomic E-state index is 10.6. The molecule has 1 aromatic rings. The van der Waals surface area contributed by atoms with E-state index in [2.05, 4.69) is 10.2 Å². The average molecular weight is 201 g/mol. The van der Waals surface area contributed by atoms with Crippen molar-refractivity contribution in [1.82, 2.24) is 0 Å². The summed E-state index contributed by atoms with van der Waals surface area (Å²) in [4.78, 5) is 10.6. The van der Waals surface area contributed by atoms with E-state index in [1.54, 1.807) is 0 Å². The number of rotatable bonds is 2. The Balaban J connectivity index is 2.36. The van der Waals surface area contributed by atoms with Crippen LogP contribution in [0.3, 0.4) is 0 Å². The van der Waals surface area contributed by atoms with Crippen molar-refractivity contribution in [1.29, 1.82) is 0 Å². The van der Waals surface area contributed by atoms with Crippen LogP contribution < -0.4 is 0 Å². The SMILES string of the molecule is Cc1ccccc1C1=C[C](C(=O)O)N=N1. The Morgan fingerprint density at radius 1 is 1.27 bits per heavy atom. The molecule has 4 heteroatoms. The standard InChI is InChI=1S/C11H9N2O2/c1-7-4-2-3-5-8(7)9-6-10(11(14)15)13-12-9/h2-6H,1H3,(H,14,15). The molecule has 4 nitrogen and oxygen atoms in total. The highest BCUT2D eigenvalue weighted by molar-refractivity contribution is 5.90. The Labute approximate surface area is 87.0 Å². The second-order valence-corrected chi connectivity index (χ2v) is 3.23. The first kappa shape index (κ1) is 9.58. The van der Waals surface area contributed by atoms with E-state index < -0.39 is 5.97 Å². The van der Waals surface area contributed by atoms with E-state index in [0.29, 0.717) is 5.70 Å². The third kappa shape index (κ3) is 1.79. The lowest BCUT2D eigenvalue weighted by Gasteiger charge is -2.01. The van der Waals surface area contributed by atoms with Crippen LogP contribution in [-0.2, 0) is 4.79 Å². The van der Waals surface area contributed by atoms with Gasteiger partial charge >= 0.3 is 5.97 Å². The zero-order chi connectivity index (χ0) is 10.8. The number of aliphatic carboxylic acids is 1. The first-order valence-electron chi connectivity index (χ1n) is 4.48. The van der Waals surface area contributed by atoms with Crippen molar-refractivity contribution < 1.29 is 9.90 Å². The summed E-state index contributed by atoms with van der Waals surface area (Å²) in [7, 11) is 0. The predicted molar refractivity (Wildman–Crippen MR) is 54.9 cm³/mol. The van der Waals surface area contributed by atoms with Gasteiger partial charge in [-0.25, -0.2) is 4.79 Å². The lowest BCUT2D eigenvalue weighted by Crippen LogP contribution is -2.02. The number of nitrogens with zero attached hydrogens (tertiary/aromatic N) is 2. The summed E-state index contributed by atoms with van der Waals surface area (Å²) in [6, 6.07) is 7.63. The Kier molecular flexibility index (Phi) is 2.33. The van der Waals surface area contributed by atoms with Gasteiger partial charge in [0.15, 0.2) is 0 Å². The smallest absolute Gasteiger partial charge is 0.341 e. The molecule has 1 radical (unpaired) electrons. The molecule has 0 unspecified atom stereocenters. The van der Waals surface area contributed by atoms with Crippen molar-refractivity contribution >= 4 is 11.7 Å². The molecule has 0 aliphatic carbocycles. The Bertz CT molecular complexity index is 463. The normalized spacial score (nSPS) is 15.4. The van der Waals surface area contributed by atoms with Gasteiger partial charge in [-0.05, 0) is 18.6 Å². The van der Waals surface area contributed by atoms with Crippen LogP contribution in [0.1, 0.15) is 11.1 Å². The summed E-state index contributed by atoms with van der Waals surface area (Å²) in [5.41, 5.74) is 2.57. The van der Waals surface area contributed by atoms with Gasteiger partial charge in [0, 0.05) is 5.56 Å². The number of azo groups is 1. The number of benzene rings is 1.